The molecule has 1 saturated carbocycles. The number of rotatable bonds is 4. The number of pyridine rings is 1. The van der Waals surface area contributed by atoms with Crippen LogP contribution < -0.4 is 4.90 Å². The van der Waals surface area contributed by atoms with Crippen LogP contribution in [-0.4, -0.2) is 55.3 Å². The first-order chi connectivity index (χ1) is 9.22. The molecule has 2 aliphatic rings. The first-order valence-corrected chi connectivity index (χ1v) is 7.22. The van der Waals surface area contributed by atoms with Crippen LogP contribution in [0.5, 0.6) is 0 Å². The molecular weight excluding hydrogens is 238 g/mol. The van der Waals surface area contributed by atoms with Gasteiger partial charge in [0, 0.05) is 31.4 Å². The van der Waals surface area contributed by atoms with E-state index in [1.807, 2.05) is 13.1 Å². The number of ether oxygens (including phenoxy) is 1. The van der Waals surface area contributed by atoms with E-state index < -0.39 is 0 Å². The summed E-state index contributed by atoms with van der Waals surface area (Å²) in [7, 11) is 2.22. The Labute approximate surface area is 115 Å². The number of aromatic nitrogens is 1. The molecule has 0 radical (unpaired) electrons. The second-order valence-corrected chi connectivity index (χ2v) is 5.77. The minimum absolute atomic E-state index is 0.320. The number of nitrogens with zero attached hydrogens (tertiary/aromatic N) is 3. The highest BCUT2D eigenvalue weighted by molar-refractivity contribution is 5.45. The van der Waals surface area contributed by atoms with Crippen LogP contribution in [0.4, 0.5) is 5.69 Å². The van der Waals surface area contributed by atoms with E-state index >= 15 is 0 Å². The Bertz CT molecular complexity index is 416. The van der Waals surface area contributed by atoms with E-state index in [1.165, 1.54) is 18.5 Å². The summed E-state index contributed by atoms with van der Waals surface area (Å²) >= 11 is 0. The third-order valence-electron chi connectivity index (χ3n) is 4.06. The van der Waals surface area contributed by atoms with Gasteiger partial charge in [-0.3, -0.25) is 4.98 Å². The molecule has 2 fully saturated rings. The van der Waals surface area contributed by atoms with Crippen LogP contribution in [0, 0.1) is 6.92 Å². The highest BCUT2D eigenvalue weighted by atomic mass is 16.5. The SMILES string of the molecule is Cc1ccc(N2CCO[C@@H](CN(C)C3CC3)C2)cn1. The van der Waals surface area contributed by atoms with Gasteiger partial charge in [0.1, 0.15) is 0 Å². The quantitative estimate of drug-likeness (QED) is 0.824. The molecule has 1 aliphatic carbocycles. The molecule has 0 spiro atoms. The maximum Gasteiger partial charge on any atom is 0.0877 e. The van der Waals surface area contributed by atoms with Crippen molar-refractivity contribution in [1.29, 1.82) is 0 Å². The number of aryl methyl sites for hydroxylation is 1. The van der Waals surface area contributed by atoms with Crippen molar-refractivity contribution in [3.05, 3.63) is 24.0 Å². The standard InChI is InChI=1S/C15H23N3O/c1-12-3-4-14(9-16-12)18-7-8-19-15(11-18)10-17(2)13-5-6-13/h3-4,9,13,15H,5-8,10-11H2,1-2H3/t15-/m0/s1. The highest BCUT2D eigenvalue weighted by Crippen LogP contribution is 2.26. The van der Waals surface area contributed by atoms with Gasteiger partial charge in [0.05, 0.1) is 24.6 Å². The van der Waals surface area contributed by atoms with E-state index in [2.05, 4.69) is 34.0 Å². The Morgan fingerprint density at radius 1 is 1.42 bits per heavy atom. The van der Waals surface area contributed by atoms with Crippen LogP contribution in [0.1, 0.15) is 18.5 Å². The van der Waals surface area contributed by atoms with Crippen molar-refractivity contribution in [2.75, 3.05) is 38.2 Å². The normalized spacial score (nSPS) is 23.9. The zero-order chi connectivity index (χ0) is 13.2. The Morgan fingerprint density at radius 2 is 2.26 bits per heavy atom. The molecule has 4 nitrogen and oxygen atoms in total. The Balaban J connectivity index is 1.59. The van der Waals surface area contributed by atoms with Gasteiger partial charge < -0.3 is 14.5 Å². The third kappa shape index (κ3) is 3.25. The predicted octanol–water partition coefficient (Wildman–Crippen LogP) is 1.69. The molecule has 1 saturated heterocycles. The van der Waals surface area contributed by atoms with E-state index in [9.17, 15) is 0 Å². The fourth-order valence-electron chi connectivity index (χ4n) is 2.70. The van der Waals surface area contributed by atoms with Crippen LogP contribution in [0.25, 0.3) is 0 Å². The van der Waals surface area contributed by atoms with Crippen LogP contribution in [0.3, 0.4) is 0 Å². The number of hydrogen-bond donors (Lipinski definition) is 0. The first-order valence-electron chi connectivity index (χ1n) is 7.22. The van der Waals surface area contributed by atoms with E-state index in [4.69, 9.17) is 4.74 Å². The van der Waals surface area contributed by atoms with Crippen molar-refractivity contribution >= 4 is 5.69 Å². The monoisotopic (exact) mass is 261 g/mol. The molecule has 0 aromatic carbocycles. The number of anilines is 1. The molecular formula is C15H23N3O. The van der Waals surface area contributed by atoms with Gasteiger partial charge in [0.25, 0.3) is 0 Å². The fraction of sp³-hybridized carbons (Fsp3) is 0.667. The van der Waals surface area contributed by atoms with Gasteiger partial charge in [-0.15, -0.1) is 0 Å². The van der Waals surface area contributed by atoms with Crippen molar-refractivity contribution in [1.82, 2.24) is 9.88 Å². The zero-order valence-corrected chi connectivity index (χ0v) is 11.9. The Kier molecular flexibility index (Phi) is 3.71. The minimum Gasteiger partial charge on any atom is -0.373 e. The van der Waals surface area contributed by atoms with Crippen molar-refractivity contribution in [3.63, 3.8) is 0 Å². The first kappa shape index (κ1) is 12.9. The summed E-state index contributed by atoms with van der Waals surface area (Å²) in [6.45, 7) is 5.82. The lowest BCUT2D eigenvalue weighted by molar-refractivity contribution is 0.0192. The van der Waals surface area contributed by atoms with Crippen molar-refractivity contribution in [2.45, 2.75) is 31.9 Å². The summed E-state index contributed by atoms with van der Waals surface area (Å²) in [5, 5.41) is 0. The average molecular weight is 261 g/mol. The van der Waals surface area contributed by atoms with E-state index in [1.54, 1.807) is 0 Å². The van der Waals surface area contributed by atoms with E-state index in [0.717, 1.165) is 38.0 Å². The predicted molar refractivity (Wildman–Crippen MR) is 76.6 cm³/mol. The number of morpholine rings is 1. The molecule has 19 heavy (non-hydrogen) atoms. The minimum atomic E-state index is 0.320. The summed E-state index contributed by atoms with van der Waals surface area (Å²) < 4.78 is 5.90. The van der Waals surface area contributed by atoms with Crippen LogP contribution in [-0.2, 0) is 4.74 Å². The van der Waals surface area contributed by atoms with Crippen molar-refractivity contribution < 1.29 is 4.74 Å². The van der Waals surface area contributed by atoms with Crippen molar-refractivity contribution in [2.24, 2.45) is 0 Å². The van der Waals surface area contributed by atoms with Gasteiger partial charge >= 0.3 is 0 Å². The summed E-state index contributed by atoms with van der Waals surface area (Å²) in [4.78, 5) is 9.22. The Hall–Kier alpha value is -1.13. The van der Waals surface area contributed by atoms with Gasteiger partial charge in [-0.2, -0.15) is 0 Å². The Morgan fingerprint density at radius 3 is 2.95 bits per heavy atom. The third-order valence-corrected chi connectivity index (χ3v) is 4.06. The van der Waals surface area contributed by atoms with Crippen molar-refractivity contribution in [3.8, 4) is 0 Å². The van der Waals surface area contributed by atoms with Crippen LogP contribution >= 0.6 is 0 Å². The molecule has 1 aromatic heterocycles. The van der Waals surface area contributed by atoms with Gasteiger partial charge in [0.15, 0.2) is 0 Å². The molecule has 4 heteroatoms. The molecule has 1 atom stereocenters. The lowest BCUT2D eigenvalue weighted by atomic mass is 10.2. The zero-order valence-electron chi connectivity index (χ0n) is 11.9. The molecule has 0 unspecified atom stereocenters. The lowest BCUT2D eigenvalue weighted by Crippen LogP contribution is -2.47. The van der Waals surface area contributed by atoms with Crippen LogP contribution in [0.15, 0.2) is 18.3 Å². The molecule has 1 aromatic rings. The number of hydrogen-bond acceptors (Lipinski definition) is 4. The second-order valence-electron chi connectivity index (χ2n) is 5.77. The van der Waals surface area contributed by atoms with Gasteiger partial charge in [-0.25, -0.2) is 0 Å². The topological polar surface area (TPSA) is 28.6 Å². The summed E-state index contributed by atoms with van der Waals surface area (Å²) in [6, 6.07) is 5.05. The largest absolute Gasteiger partial charge is 0.373 e. The molecule has 1 aliphatic heterocycles. The maximum absolute atomic E-state index is 5.90. The van der Waals surface area contributed by atoms with E-state index in [0.29, 0.717) is 6.10 Å². The maximum atomic E-state index is 5.90. The summed E-state index contributed by atoms with van der Waals surface area (Å²) in [5.41, 5.74) is 2.29. The lowest BCUT2D eigenvalue weighted by Gasteiger charge is -2.36. The van der Waals surface area contributed by atoms with Gasteiger partial charge in [-0.05, 0) is 38.9 Å². The molecule has 104 valence electrons. The molecule has 0 bridgehead atoms. The smallest absolute Gasteiger partial charge is 0.0877 e. The highest BCUT2D eigenvalue weighted by Gasteiger charge is 2.29. The fourth-order valence-corrected chi connectivity index (χ4v) is 2.70. The summed E-state index contributed by atoms with van der Waals surface area (Å²) in [5.74, 6) is 0. The van der Waals surface area contributed by atoms with Gasteiger partial charge in [-0.1, -0.05) is 0 Å². The molecule has 2 heterocycles. The molecule has 3 rings (SSSR count). The van der Waals surface area contributed by atoms with Crippen LogP contribution in [0.2, 0.25) is 0 Å². The molecule has 0 amide bonds. The average Bonchev–Trinajstić information content (AvgIpc) is 3.24. The summed E-state index contributed by atoms with van der Waals surface area (Å²) in [6.07, 6.45) is 5.01. The van der Waals surface area contributed by atoms with E-state index in [-0.39, 0.29) is 0 Å². The van der Waals surface area contributed by atoms with Gasteiger partial charge in [0.2, 0.25) is 0 Å². The number of likely N-dealkylation sites (N-methyl/N-ethyl adjacent to an activating group) is 1. The molecule has 0 N–H and O–H groups in total. The second kappa shape index (κ2) is 5.47.